The fourth-order valence-electron chi connectivity index (χ4n) is 2.07. The third-order valence-corrected chi connectivity index (χ3v) is 4.04. The maximum atomic E-state index is 13.1. The molecule has 0 spiro atoms. The molecule has 0 bridgehead atoms. The normalized spacial score (nSPS) is 12.4. The standard InChI is InChI=1S/C15H16FIN2/c16-12-7-8-13(14(17)10-12)15(19-18)9-6-11-4-2-1-3-5-11/h1-5,7-8,10,15,19H,6,9,18H2. The Balaban J connectivity index is 2.08. The molecule has 1 atom stereocenters. The molecule has 0 fully saturated rings. The molecule has 2 aromatic carbocycles. The van der Waals surface area contributed by atoms with E-state index < -0.39 is 0 Å². The maximum absolute atomic E-state index is 13.1. The Labute approximate surface area is 126 Å². The number of benzene rings is 2. The van der Waals surface area contributed by atoms with E-state index >= 15 is 0 Å². The molecule has 0 heterocycles. The smallest absolute Gasteiger partial charge is 0.124 e. The first-order valence-electron chi connectivity index (χ1n) is 6.15. The van der Waals surface area contributed by atoms with Gasteiger partial charge in [-0.3, -0.25) is 11.3 Å². The van der Waals surface area contributed by atoms with Crippen LogP contribution in [0.2, 0.25) is 0 Å². The Morgan fingerprint density at radius 1 is 1.16 bits per heavy atom. The van der Waals surface area contributed by atoms with Gasteiger partial charge in [-0.25, -0.2) is 4.39 Å². The molecule has 19 heavy (non-hydrogen) atoms. The predicted molar refractivity (Wildman–Crippen MR) is 83.9 cm³/mol. The second-order valence-electron chi connectivity index (χ2n) is 4.41. The van der Waals surface area contributed by atoms with Crippen molar-refractivity contribution in [2.75, 3.05) is 0 Å². The number of rotatable bonds is 5. The average molecular weight is 370 g/mol. The van der Waals surface area contributed by atoms with Crippen molar-refractivity contribution in [3.63, 3.8) is 0 Å². The van der Waals surface area contributed by atoms with Crippen molar-refractivity contribution in [3.05, 3.63) is 69.0 Å². The number of aryl methyl sites for hydroxylation is 1. The number of nitrogens with one attached hydrogen (secondary N) is 1. The van der Waals surface area contributed by atoms with E-state index in [1.54, 1.807) is 6.07 Å². The average Bonchev–Trinajstić information content (AvgIpc) is 2.42. The molecule has 1 unspecified atom stereocenters. The minimum Gasteiger partial charge on any atom is -0.271 e. The maximum Gasteiger partial charge on any atom is 0.124 e. The number of nitrogens with two attached hydrogens (primary N) is 1. The fourth-order valence-corrected chi connectivity index (χ4v) is 2.92. The van der Waals surface area contributed by atoms with Crippen molar-refractivity contribution < 1.29 is 4.39 Å². The molecule has 0 saturated carbocycles. The molecule has 0 aliphatic rings. The lowest BCUT2D eigenvalue weighted by atomic mass is 9.99. The zero-order valence-corrected chi connectivity index (χ0v) is 12.6. The quantitative estimate of drug-likeness (QED) is 0.480. The lowest BCUT2D eigenvalue weighted by Crippen LogP contribution is -2.29. The van der Waals surface area contributed by atoms with E-state index in [1.807, 2.05) is 18.2 Å². The SMILES string of the molecule is NNC(CCc1ccccc1)c1ccc(F)cc1I. The molecule has 0 saturated heterocycles. The number of hydrazine groups is 1. The molecule has 3 N–H and O–H groups in total. The summed E-state index contributed by atoms with van der Waals surface area (Å²) in [5.74, 6) is 5.41. The van der Waals surface area contributed by atoms with Gasteiger partial charge < -0.3 is 0 Å². The number of hydrogen-bond acceptors (Lipinski definition) is 2. The van der Waals surface area contributed by atoms with E-state index in [0.29, 0.717) is 0 Å². The summed E-state index contributed by atoms with van der Waals surface area (Å²) in [4.78, 5) is 0. The van der Waals surface area contributed by atoms with Crippen LogP contribution in [0.3, 0.4) is 0 Å². The van der Waals surface area contributed by atoms with Crippen molar-refractivity contribution >= 4 is 22.6 Å². The van der Waals surface area contributed by atoms with Crippen LogP contribution < -0.4 is 11.3 Å². The molecule has 0 aromatic heterocycles. The van der Waals surface area contributed by atoms with Crippen LogP contribution in [-0.4, -0.2) is 0 Å². The Hall–Kier alpha value is -0.980. The second kappa shape index (κ2) is 6.98. The third kappa shape index (κ3) is 3.99. The predicted octanol–water partition coefficient (Wildman–Crippen LogP) is 3.57. The second-order valence-corrected chi connectivity index (χ2v) is 5.57. The molecular weight excluding hydrogens is 354 g/mol. The third-order valence-electron chi connectivity index (χ3n) is 3.10. The van der Waals surface area contributed by atoms with Crippen LogP contribution in [-0.2, 0) is 6.42 Å². The monoisotopic (exact) mass is 370 g/mol. The van der Waals surface area contributed by atoms with Gasteiger partial charge in [0.2, 0.25) is 0 Å². The lowest BCUT2D eigenvalue weighted by Gasteiger charge is -2.18. The van der Waals surface area contributed by atoms with Crippen molar-refractivity contribution in [1.29, 1.82) is 0 Å². The molecular formula is C15H16FIN2. The molecule has 0 aliphatic carbocycles. The first-order valence-corrected chi connectivity index (χ1v) is 7.23. The van der Waals surface area contributed by atoms with E-state index in [4.69, 9.17) is 5.84 Å². The van der Waals surface area contributed by atoms with Gasteiger partial charge >= 0.3 is 0 Å². The molecule has 0 radical (unpaired) electrons. The van der Waals surface area contributed by atoms with Crippen LogP contribution in [0.4, 0.5) is 4.39 Å². The Morgan fingerprint density at radius 2 is 1.89 bits per heavy atom. The van der Waals surface area contributed by atoms with Crippen molar-refractivity contribution in [2.24, 2.45) is 5.84 Å². The van der Waals surface area contributed by atoms with Gasteiger partial charge in [-0.05, 0) is 58.7 Å². The first-order chi connectivity index (χ1) is 9.20. The van der Waals surface area contributed by atoms with E-state index in [2.05, 4.69) is 40.1 Å². The van der Waals surface area contributed by atoms with Crippen molar-refractivity contribution in [1.82, 2.24) is 5.43 Å². The Bertz CT molecular complexity index is 531. The molecule has 4 heteroatoms. The molecule has 0 aliphatic heterocycles. The van der Waals surface area contributed by atoms with Gasteiger partial charge in [0, 0.05) is 9.61 Å². The highest BCUT2D eigenvalue weighted by Gasteiger charge is 2.13. The van der Waals surface area contributed by atoms with Crippen LogP contribution in [0, 0.1) is 9.39 Å². The van der Waals surface area contributed by atoms with E-state index in [-0.39, 0.29) is 11.9 Å². The number of hydrogen-bond donors (Lipinski definition) is 2. The Kier molecular flexibility index (Phi) is 5.30. The summed E-state index contributed by atoms with van der Waals surface area (Å²) in [5, 5.41) is 0. The lowest BCUT2D eigenvalue weighted by molar-refractivity contribution is 0.512. The largest absolute Gasteiger partial charge is 0.271 e. The van der Waals surface area contributed by atoms with E-state index in [0.717, 1.165) is 22.0 Å². The van der Waals surface area contributed by atoms with E-state index in [9.17, 15) is 4.39 Å². The van der Waals surface area contributed by atoms with Gasteiger partial charge in [0.25, 0.3) is 0 Å². The summed E-state index contributed by atoms with van der Waals surface area (Å²) >= 11 is 2.14. The fraction of sp³-hybridized carbons (Fsp3) is 0.200. The number of halogens is 2. The minimum absolute atomic E-state index is 0.0349. The van der Waals surface area contributed by atoms with Gasteiger partial charge in [-0.2, -0.15) is 0 Å². The summed E-state index contributed by atoms with van der Waals surface area (Å²) < 4.78 is 14.0. The van der Waals surface area contributed by atoms with Crippen molar-refractivity contribution in [3.8, 4) is 0 Å². The highest BCUT2D eigenvalue weighted by atomic mass is 127. The summed E-state index contributed by atoms with van der Waals surface area (Å²) in [7, 11) is 0. The van der Waals surface area contributed by atoms with Gasteiger partial charge in [0.1, 0.15) is 5.82 Å². The van der Waals surface area contributed by atoms with Gasteiger partial charge in [-0.15, -0.1) is 0 Å². The van der Waals surface area contributed by atoms with Gasteiger partial charge in [0.15, 0.2) is 0 Å². The van der Waals surface area contributed by atoms with Crippen LogP contribution in [0.5, 0.6) is 0 Å². The van der Waals surface area contributed by atoms with Crippen LogP contribution in [0.25, 0.3) is 0 Å². The highest BCUT2D eigenvalue weighted by Crippen LogP contribution is 2.24. The first kappa shape index (κ1) is 14.4. The van der Waals surface area contributed by atoms with Crippen LogP contribution in [0.15, 0.2) is 48.5 Å². The zero-order chi connectivity index (χ0) is 13.7. The minimum atomic E-state index is -0.216. The van der Waals surface area contributed by atoms with Crippen LogP contribution in [0.1, 0.15) is 23.6 Å². The molecule has 2 nitrogen and oxygen atoms in total. The molecule has 2 rings (SSSR count). The molecule has 0 amide bonds. The van der Waals surface area contributed by atoms with Gasteiger partial charge in [0.05, 0.1) is 0 Å². The van der Waals surface area contributed by atoms with Crippen LogP contribution >= 0.6 is 22.6 Å². The van der Waals surface area contributed by atoms with Crippen molar-refractivity contribution in [2.45, 2.75) is 18.9 Å². The molecule has 2 aromatic rings. The summed E-state index contributed by atoms with van der Waals surface area (Å²) in [5.41, 5.74) is 5.14. The molecule has 100 valence electrons. The van der Waals surface area contributed by atoms with Gasteiger partial charge in [-0.1, -0.05) is 36.4 Å². The Morgan fingerprint density at radius 3 is 2.53 bits per heavy atom. The summed E-state index contributed by atoms with van der Waals surface area (Å²) in [6.45, 7) is 0. The summed E-state index contributed by atoms with van der Waals surface area (Å²) in [6.07, 6.45) is 1.81. The van der Waals surface area contributed by atoms with E-state index in [1.165, 1.54) is 17.7 Å². The topological polar surface area (TPSA) is 38.0 Å². The zero-order valence-electron chi connectivity index (χ0n) is 10.4. The summed E-state index contributed by atoms with van der Waals surface area (Å²) in [6, 6.07) is 15.1. The highest BCUT2D eigenvalue weighted by molar-refractivity contribution is 14.1.